The van der Waals surface area contributed by atoms with Crippen LogP contribution in [0.25, 0.3) is 11.3 Å². The lowest BCUT2D eigenvalue weighted by Gasteiger charge is -2.39. The number of hydrogen-bond acceptors (Lipinski definition) is 8. The van der Waals surface area contributed by atoms with Crippen molar-refractivity contribution in [1.82, 2.24) is 20.3 Å². The average molecular weight is 562 g/mol. The van der Waals surface area contributed by atoms with E-state index in [1.54, 1.807) is 12.1 Å². The third kappa shape index (κ3) is 6.58. The molecule has 2 fully saturated rings. The van der Waals surface area contributed by atoms with Gasteiger partial charge in [-0.25, -0.2) is 14.8 Å². The van der Waals surface area contributed by atoms with E-state index in [1.807, 2.05) is 13.0 Å². The van der Waals surface area contributed by atoms with Gasteiger partial charge in [0.05, 0.1) is 5.69 Å². The lowest BCUT2D eigenvalue weighted by atomic mass is 9.76. The van der Waals surface area contributed by atoms with E-state index < -0.39 is 5.97 Å². The van der Waals surface area contributed by atoms with E-state index >= 15 is 0 Å². The number of hydrogen-bond donors (Lipinski definition) is 3. The lowest BCUT2D eigenvalue weighted by molar-refractivity contribution is 0.0689. The maximum atomic E-state index is 11.4. The van der Waals surface area contributed by atoms with Gasteiger partial charge in [-0.3, -0.25) is 4.72 Å². The Labute approximate surface area is 240 Å². The molecule has 8 nitrogen and oxygen atoms in total. The first kappa shape index (κ1) is 28.4. The fraction of sp³-hybridized carbons (Fsp3) is 0.484. The summed E-state index contributed by atoms with van der Waals surface area (Å²) in [6, 6.07) is 11.9. The van der Waals surface area contributed by atoms with Gasteiger partial charge in [0.1, 0.15) is 17.3 Å². The quantitative estimate of drug-likeness (QED) is 0.211. The second kappa shape index (κ2) is 11.7. The average Bonchev–Trinajstić information content (AvgIpc) is 3.68. The van der Waals surface area contributed by atoms with Gasteiger partial charge in [-0.2, -0.15) is 4.98 Å². The fourth-order valence-electron chi connectivity index (χ4n) is 5.76. The zero-order chi connectivity index (χ0) is 28.4. The van der Waals surface area contributed by atoms with Crippen LogP contribution in [0.4, 0.5) is 5.95 Å². The van der Waals surface area contributed by atoms with Crippen molar-refractivity contribution in [2.45, 2.75) is 83.8 Å². The van der Waals surface area contributed by atoms with Crippen molar-refractivity contribution in [3.8, 4) is 17.1 Å². The number of aromatic nitrogens is 3. The number of rotatable bonds is 12. The van der Waals surface area contributed by atoms with Gasteiger partial charge in [-0.15, -0.1) is 0 Å². The van der Waals surface area contributed by atoms with Gasteiger partial charge in [0.25, 0.3) is 0 Å². The van der Waals surface area contributed by atoms with Crippen molar-refractivity contribution in [3.05, 3.63) is 58.8 Å². The van der Waals surface area contributed by atoms with Gasteiger partial charge >= 0.3 is 5.97 Å². The fourth-order valence-corrected chi connectivity index (χ4v) is 6.33. The van der Waals surface area contributed by atoms with Crippen LogP contribution >= 0.6 is 11.9 Å². The maximum Gasteiger partial charge on any atom is 0.354 e. The van der Waals surface area contributed by atoms with Gasteiger partial charge in [0.2, 0.25) is 11.8 Å². The van der Waals surface area contributed by atoms with Crippen LogP contribution in [-0.2, 0) is 0 Å². The summed E-state index contributed by atoms with van der Waals surface area (Å²) in [6.07, 6.45) is 6.38. The number of nitrogens with one attached hydrogen (secondary N) is 2. The van der Waals surface area contributed by atoms with E-state index in [-0.39, 0.29) is 11.7 Å². The molecule has 2 aliphatic carbocycles. The number of ether oxygens (including phenoxy) is 1. The number of nitrogens with zero attached hydrogens (tertiary/aromatic N) is 3. The van der Waals surface area contributed by atoms with E-state index in [4.69, 9.17) is 14.7 Å². The molecule has 0 amide bonds. The van der Waals surface area contributed by atoms with E-state index in [0.29, 0.717) is 40.8 Å². The highest BCUT2D eigenvalue weighted by molar-refractivity contribution is 8.00. The molecular weight excluding hydrogens is 522 g/mol. The Morgan fingerprint density at radius 3 is 2.42 bits per heavy atom. The van der Waals surface area contributed by atoms with E-state index in [1.165, 1.54) is 43.7 Å². The van der Waals surface area contributed by atoms with Crippen LogP contribution in [-0.4, -0.2) is 44.7 Å². The summed E-state index contributed by atoms with van der Waals surface area (Å²) in [4.78, 5) is 25.2. The normalized spacial score (nSPS) is 16.6. The number of anilines is 1. The molecule has 2 heterocycles. The van der Waals surface area contributed by atoms with Crippen LogP contribution in [0.2, 0.25) is 0 Å². The standard InChI is InChI=1S/C31H39N5O3S/c1-18(2)14-22(32-23-15-31(16-23)12-13-31)17-39-28-21(5)27(26-19(3)8-6-9-20(26)4)34-30(35-28)36-40-25-11-7-10-24(33-25)29(37)38/h6-11,18,22-23,32H,12-17H2,1-5H3,(H,37,38)(H,34,35,36). The van der Waals surface area contributed by atoms with Crippen molar-refractivity contribution in [1.29, 1.82) is 0 Å². The lowest BCUT2D eigenvalue weighted by Crippen LogP contribution is -2.49. The van der Waals surface area contributed by atoms with E-state index in [9.17, 15) is 9.90 Å². The second-order valence-electron chi connectivity index (χ2n) is 11.9. The smallest absolute Gasteiger partial charge is 0.354 e. The Morgan fingerprint density at radius 2 is 1.77 bits per heavy atom. The predicted molar refractivity (Wildman–Crippen MR) is 159 cm³/mol. The van der Waals surface area contributed by atoms with Crippen LogP contribution in [0, 0.1) is 32.1 Å². The Bertz CT molecular complexity index is 1360. The summed E-state index contributed by atoms with van der Waals surface area (Å²) in [5, 5.41) is 13.7. The maximum absolute atomic E-state index is 11.4. The molecule has 212 valence electrons. The first-order valence-electron chi connectivity index (χ1n) is 14.1. The number of aromatic carboxylic acids is 1. The Morgan fingerprint density at radius 1 is 1.07 bits per heavy atom. The van der Waals surface area contributed by atoms with Gasteiger partial charge in [-0.05, 0) is 87.5 Å². The molecule has 1 aromatic carbocycles. The number of carbonyl (C=O) groups is 1. The third-order valence-electron chi connectivity index (χ3n) is 7.97. The minimum Gasteiger partial charge on any atom is -0.477 e. The van der Waals surface area contributed by atoms with Crippen molar-refractivity contribution in [3.63, 3.8) is 0 Å². The van der Waals surface area contributed by atoms with Crippen molar-refractivity contribution < 1.29 is 14.6 Å². The molecule has 2 aliphatic rings. The molecule has 1 atom stereocenters. The molecule has 40 heavy (non-hydrogen) atoms. The highest BCUT2D eigenvalue weighted by Crippen LogP contribution is 2.60. The zero-order valence-electron chi connectivity index (χ0n) is 24.0. The summed E-state index contributed by atoms with van der Waals surface area (Å²) >= 11 is 1.17. The summed E-state index contributed by atoms with van der Waals surface area (Å²) in [5.41, 5.74) is 5.66. The largest absolute Gasteiger partial charge is 0.477 e. The van der Waals surface area contributed by atoms with Gasteiger partial charge in [-0.1, -0.05) is 38.1 Å². The first-order valence-corrected chi connectivity index (χ1v) is 14.9. The molecule has 1 unspecified atom stereocenters. The van der Waals surface area contributed by atoms with Gasteiger partial charge in [0, 0.05) is 35.2 Å². The van der Waals surface area contributed by atoms with Crippen LogP contribution in [0.15, 0.2) is 41.4 Å². The molecule has 9 heteroatoms. The highest BCUT2D eigenvalue weighted by Gasteiger charge is 2.53. The predicted octanol–water partition coefficient (Wildman–Crippen LogP) is 6.61. The van der Waals surface area contributed by atoms with Gasteiger partial charge < -0.3 is 15.2 Å². The topological polar surface area (TPSA) is 109 Å². The van der Waals surface area contributed by atoms with E-state index in [2.05, 4.69) is 54.9 Å². The number of carboxylic acids is 1. The summed E-state index contributed by atoms with van der Waals surface area (Å²) in [7, 11) is 0. The third-order valence-corrected chi connectivity index (χ3v) is 8.69. The molecule has 0 bridgehead atoms. The molecule has 0 radical (unpaired) electrons. The molecule has 3 aromatic rings. The molecule has 1 spiro atoms. The van der Waals surface area contributed by atoms with Crippen LogP contribution in [0.1, 0.15) is 73.1 Å². The second-order valence-corrected chi connectivity index (χ2v) is 12.7. The van der Waals surface area contributed by atoms with Crippen LogP contribution in [0.3, 0.4) is 0 Å². The van der Waals surface area contributed by atoms with Gasteiger partial charge in [0.15, 0.2) is 0 Å². The van der Waals surface area contributed by atoms with Crippen molar-refractivity contribution >= 4 is 23.9 Å². The molecule has 2 aromatic heterocycles. The Hall–Kier alpha value is -3.17. The number of aryl methyl sites for hydroxylation is 2. The molecule has 2 saturated carbocycles. The Kier molecular flexibility index (Phi) is 8.33. The monoisotopic (exact) mass is 561 g/mol. The number of pyridine rings is 1. The minimum absolute atomic E-state index is 0.0142. The summed E-state index contributed by atoms with van der Waals surface area (Å²) < 4.78 is 9.64. The molecule has 0 saturated heterocycles. The minimum atomic E-state index is -1.07. The molecule has 5 rings (SSSR count). The number of carboxylic acid groups (broad SMARTS) is 1. The molecular formula is C31H39N5O3S. The highest BCUT2D eigenvalue weighted by atomic mass is 32.2. The van der Waals surface area contributed by atoms with Crippen molar-refractivity contribution in [2.75, 3.05) is 11.3 Å². The number of benzene rings is 1. The van der Waals surface area contributed by atoms with E-state index in [0.717, 1.165) is 34.4 Å². The first-order chi connectivity index (χ1) is 19.1. The molecule has 0 aliphatic heterocycles. The molecule has 3 N–H and O–H groups in total. The van der Waals surface area contributed by atoms with Crippen LogP contribution < -0.4 is 14.8 Å². The SMILES string of the molecule is Cc1cccc(C)c1-c1nc(NSc2cccc(C(=O)O)n2)nc(OCC(CC(C)C)NC2CC3(CC3)C2)c1C. The summed E-state index contributed by atoms with van der Waals surface area (Å²) in [6.45, 7) is 11.2. The summed E-state index contributed by atoms with van der Waals surface area (Å²) in [5.74, 6) is 0.413. The van der Waals surface area contributed by atoms with Crippen LogP contribution in [0.5, 0.6) is 5.88 Å². The Balaban J connectivity index is 1.39. The zero-order valence-corrected chi connectivity index (χ0v) is 24.8. The van der Waals surface area contributed by atoms with Crippen molar-refractivity contribution in [2.24, 2.45) is 11.3 Å².